The largest absolute Gasteiger partial charge is 0.480 e. The van der Waals surface area contributed by atoms with Crippen LogP contribution in [0.4, 0.5) is 0 Å². The van der Waals surface area contributed by atoms with Crippen molar-refractivity contribution in [2.24, 2.45) is 10.2 Å². The Balaban J connectivity index is 1.14. The third-order valence-corrected chi connectivity index (χ3v) is 7.08. The second-order valence-corrected chi connectivity index (χ2v) is 10.1. The lowest BCUT2D eigenvalue weighted by Crippen LogP contribution is -2.54. The van der Waals surface area contributed by atoms with Crippen LogP contribution in [-0.2, 0) is 24.7 Å². The maximum absolute atomic E-state index is 13.1. The number of carbonyl (C=O) groups excluding carboxylic acids is 1. The Kier molecular flexibility index (Phi) is 10.1. The highest BCUT2D eigenvalue weighted by Gasteiger charge is 2.43. The summed E-state index contributed by atoms with van der Waals surface area (Å²) < 4.78 is 17.5. The van der Waals surface area contributed by atoms with Crippen LogP contribution >= 0.6 is 0 Å². The molecule has 1 saturated heterocycles. The van der Waals surface area contributed by atoms with Crippen LogP contribution in [-0.4, -0.2) is 119 Å². The molecule has 0 saturated carbocycles. The maximum Gasteiger partial charge on any atom is 0.329 e. The van der Waals surface area contributed by atoms with E-state index in [1.165, 1.54) is 6.20 Å². The number of aromatic nitrogens is 4. The summed E-state index contributed by atoms with van der Waals surface area (Å²) in [7, 11) is 0. The number of rotatable bonds is 15. The number of aryl methyl sites for hydroxylation is 1. The molecule has 0 aliphatic carbocycles. The van der Waals surface area contributed by atoms with Crippen LogP contribution in [0.25, 0.3) is 5.65 Å². The minimum Gasteiger partial charge on any atom is -0.480 e. The summed E-state index contributed by atoms with van der Waals surface area (Å²) in [5.74, 6) is -1.02. The number of azo groups is 1. The van der Waals surface area contributed by atoms with Gasteiger partial charge in [0.1, 0.15) is 12.2 Å². The molecule has 1 unspecified atom stereocenters. The van der Waals surface area contributed by atoms with Crippen LogP contribution in [0.15, 0.2) is 65.1 Å². The number of ether oxygens (including phenoxy) is 3. The lowest BCUT2D eigenvalue weighted by atomic mass is 10.0. The molecular weight excluding hydrogens is 558 g/mol. The van der Waals surface area contributed by atoms with Gasteiger partial charge in [0, 0.05) is 57.4 Å². The van der Waals surface area contributed by atoms with Crippen molar-refractivity contribution in [2.45, 2.75) is 12.6 Å². The first-order valence-electron chi connectivity index (χ1n) is 14.1. The Labute approximate surface area is 248 Å². The molecule has 2 aliphatic heterocycles. The number of nitrogens with zero attached hydrogens (tertiary/aromatic N) is 8. The molecule has 0 aromatic carbocycles. The first-order valence-corrected chi connectivity index (χ1v) is 14.1. The van der Waals surface area contributed by atoms with Crippen LogP contribution in [0, 0.1) is 6.92 Å². The molecule has 15 heteroatoms. The zero-order valence-electron chi connectivity index (χ0n) is 24.0. The van der Waals surface area contributed by atoms with E-state index in [1.807, 2.05) is 31.3 Å². The Hall–Kier alpha value is -4.15. The van der Waals surface area contributed by atoms with E-state index in [2.05, 4.69) is 40.4 Å². The fraction of sp³-hybridized carbons (Fsp3) is 0.464. The van der Waals surface area contributed by atoms with Gasteiger partial charge in [-0.15, -0.1) is 5.11 Å². The summed E-state index contributed by atoms with van der Waals surface area (Å²) in [6, 6.07) is 5.69. The molecule has 0 radical (unpaired) electrons. The number of carboxylic acid groups (broad SMARTS) is 1. The van der Waals surface area contributed by atoms with Gasteiger partial charge in [-0.25, -0.2) is 14.3 Å². The van der Waals surface area contributed by atoms with Crippen molar-refractivity contribution < 1.29 is 28.9 Å². The number of aliphatic carboxylic acids is 1. The topological polar surface area (TPSA) is 168 Å². The molecular formula is C28H35N9O6. The van der Waals surface area contributed by atoms with Crippen LogP contribution in [0.2, 0.25) is 0 Å². The van der Waals surface area contributed by atoms with E-state index < -0.39 is 11.6 Å². The maximum atomic E-state index is 13.1. The van der Waals surface area contributed by atoms with E-state index in [9.17, 15) is 9.59 Å². The highest BCUT2D eigenvalue weighted by Crippen LogP contribution is 2.37. The molecule has 2 aliphatic rings. The van der Waals surface area contributed by atoms with Gasteiger partial charge in [-0.2, -0.15) is 10.2 Å². The average Bonchev–Trinajstić information content (AvgIpc) is 3.64. The van der Waals surface area contributed by atoms with Crippen LogP contribution in [0.1, 0.15) is 21.6 Å². The van der Waals surface area contributed by atoms with E-state index in [0.717, 1.165) is 30.9 Å². The number of hydrogen-bond donors (Lipinski definition) is 2. The predicted molar refractivity (Wildman–Crippen MR) is 152 cm³/mol. The van der Waals surface area contributed by atoms with Crippen molar-refractivity contribution in [3.63, 3.8) is 0 Å². The standard InChI is InChI=1S/C28H35N9O6/c1-21-3-4-23(30-18-21)28(17-24(33-34-28)32-27(40)22-19-31-37-6-2-5-29-26(22)37)36-9-7-35(8-10-36)11-12-41-13-14-42-15-16-43-20-25(38)39/h2-6,17-19H,7-16,20H2,1H3,(H,32,40)(H,38,39). The van der Waals surface area contributed by atoms with E-state index in [0.29, 0.717) is 56.5 Å². The smallest absolute Gasteiger partial charge is 0.329 e. The second-order valence-electron chi connectivity index (χ2n) is 10.1. The average molecular weight is 594 g/mol. The summed E-state index contributed by atoms with van der Waals surface area (Å²) in [5.41, 5.74) is 1.62. The molecule has 3 aromatic heterocycles. The number of nitrogens with one attached hydrogen (secondary N) is 1. The number of carboxylic acids is 1. The summed E-state index contributed by atoms with van der Waals surface area (Å²) >= 11 is 0. The lowest BCUT2D eigenvalue weighted by molar-refractivity contribution is -0.142. The minimum absolute atomic E-state index is 0.234. The first kappa shape index (κ1) is 30.3. The fourth-order valence-corrected chi connectivity index (χ4v) is 4.84. The number of pyridine rings is 1. The van der Waals surface area contributed by atoms with Gasteiger partial charge in [0.25, 0.3) is 5.91 Å². The van der Waals surface area contributed by atoms with Crippen molar-refractivity contribution in [1.82, 2.24) is 34.7 Å². The minimum atomic E-state index is -0.998. The highest BCUT2D eigenvalue weighted by molar-refractivity contribution is 6.00. The van der Waals surface area contributed by atoms with Gasteiger partial charge < -0.3 is 24.6 Å². The van der Waals surface area contributed by atoms with Gasteiger partial charge in [0.05, 0.1) is 44.9 Å². The van der Waals surface area contributed by atoms with Gasteiger partial charge in [0.15, 0.2) is 17.1 Å². The molecule has 15 nitrogen and oxygen atoms in total. The number of carbonyl (C=O) groups is 2. The molecule has 0 spiro atoms. The fourth-order valence-electron chi connectivity index (χ4n) is 4.84. The van der Waals surface area contributed by atoms with Crippen molar-refractivity contribution in [1.29, 1.82) is 0 Å². The summed E-state index contributed by atoms with van der Waals surface area (Å²) in [6.45, 7) is 7.45. The number of piperazine rings is 1. The van der Waals surface area contributed by atoms with Crippen molar-refractivity contribution in [3.8, 4) is 0 Å². The SMILES string of the molecule is Cc1ccc(C2(N3CCN(CCOCCOCCOCC(=O)O)CC3)C=C(NC(=O)c3cnn4cccnc34)N=N2)nc1. The third-order valence-electron chi connectivity index (χ3n) is 7.08. The number of fused-ring (bicyclic) bond motifs is 1. The molecule has 3 aromatic rings. The second kappa shape index (κ2) is 14.3. The Morgan fingerprint density at radius 2 is 1.77 bits per heavy atom. The third kappa shape index (κ3) is 7.63. The van der Waals surface area contributed by atoms with Gasteiger partial charge in [-0.3, -0.25) is 19.6 Å². The molecule has 5 rings (SSSR count). The van der Waals surface area contributed by atoms with Gasteiger partial charge in [-0.1, -0.05) is 6.07 Å². The number of hydrogen-bond acceptors (Lipinski definition) is 12. The van der Waals surface area contributed by atoms with Crippen molar-refractivity contribution in [2.75, 3.05) is 72.4 Å². The normalized spacial score (nSPS) is 19.1. The molecule has 1 atom stereocenters. The monoisotopic (exact) mass is 593 g/mol. The predicted octanol–water partition coefficient (Wildman–Crippen LogP) is 1.07. The molecule has 0 bridgehead atoms. The van der Waals surface area contributed by atoms with Crippen LogP contribution < -0.4 is 5.32 Å². The summed E-state index contributed by atoms with van der Waals surface area (Å²) in [4.78, 5) is 37.0. The van der Waals surface area contributed by atoms with Gasteiger partial charge >= 0.3 is 5.97 Å². The first-order chi connectivity index (χ1) is 20.9. The van der Waals surface area contributed by atoms with Gasteiger partial charge in [0.2, 0.25) is 0 Å². The Bertz CT molecular complexity index is 1450. The molecule has 43 heavy (non-hydrogen) atoms. The van der Waals surface area contributed by atoms with Crippen LogP contribution in [0.3, 0.4) is 0 Å². The van der Waals surface area contributed by atoms with Gasteiger partial charge in [-0.05, 0) is 24.6 Å². The van der Waals surface area contributed by atoms with E-state index in [4.69, 9.17) is 19.3 Å². The quantitative estimate of drug-likeness (QED) is 0.242. The molecule has 1 fully saturated rings. The molecule has 228 valence electrons. The Morgan fingerprint density at radius 1 is 1.00 bits per heavy atom. The van der Waals surface area contributed by atoms with Crippen molar-refractivity contribution >= 4 is 17.5 Å². The highest BCUT2D eigenvalue weighted by atomic mass is 16.5. The molecule has 5 heterocycles. The van der Waals surface area contributed by atoms with Crippen LogP contribution in [0.5, 0.6) is 0 Å². The van der Waals surface area contributed by atoms with Crippen molar-refractivity contribution in [3.05, 3.63) is 71.7 Å². The zero-order chi connectivity index (χ0) is 30.1. The summed E-state index contributed by atoms with van der Waals surface area (Å²) in [5, 5.41) is 24.6. The zero-order valence-corrected chi connectivity index (χ0v) is 24.0. The molecule has 2 N–H and O–H groups in total. The van der Waals surface area contributed by atoms with E-state index >= 15 is 0 Å². The summed E-state index contributed by atoms with van der Waals surface area (Å²) in [6.07, 6.45) is 8.49. The lowest BCUT2D eigenvalue weighted by Gasteiger charge is -2.41. The van der Waals surface area contributed by atoms with E-state index in [-0.39, 0.29) is 19.1 Å². The van der Waals surface area contributed by atoms with E-state index in [1.54, 1.807) is 23.0 Å². The Morgan fingerprint density at radius 3 is 2.51 bits per heavy atom. The number of amides is 1. The molecule has 1 amide bonds.